The van der Waals surface area contributed by atoms with Crippen molar-refractivity contribution in [3.63, 3.8) is 0 Å². The summed E-state index contributed by atoms with van der Waals surface area (Å²) >= 11 is 0. The molecule has 3 rings (SSSR count). The summed E-state index contributed by atoms with van der Waals surface area (Å²) in [5, 5.41) is 6.27. The van der Waals surface area contributed by atoms with Gasteiger partial charge in [-0.15, -0.1) is 0 Å². The molecule has 0 saturated carbocycles. The third-order valence-electron chi connectivity index (χ3n) is 2.50. The van der Waals surface area contributed by atoms with Crippen LogP contribution in [0, 0.1) is 0 Å². The second kappa shape index (κ2) is 7.07. The number of fused-ring (bicyclic) bond motifs is 1. The van der Waals surface area contributed by atoms with Gasteiger partial charge in [-0.1, -0.05) is 60.7 Å². The van der Waals surface area contributed by atoms with Gasteiger partial charge in [0.1, 0.15) is 0 Å². The lowest BCUT2D eigenvalue weighted by Crippen LogP contribution is -2.24. The molecule has 0 bridgehead atoms. The molecule has 1 aromatic rings. The Morgan fingerprint density at radius 3 is 2.39 bits per heavy atom. The normalized spacial score (nSPS) is 14.9. The minimum atomic E-state index is 1.08. The zero-order valence-corrected chi connectivity index (χ0v) is 10.2. The fourth-order valence-electron chi connectivity index (χ4n) is 1.58. The molecule has 0 fully saturated rings. The molecule has 0 unspecified atom stereocenters. The number of rotatable bonds is 0. The summed E-state index contributed by atoms with van der Waals surface area (Å²) in [6, 6.07) is 8.14. The van der Waals surface area contributed by atoms with E-state index < -0.39 is 0 Å². The zero-order chi connectivity index (χ0) is 12.5. The predicted molar refractivity (Wildman–Crippen MR) is 78.3 cm³/mol. The van der Waals surface area contributed by atoms with Crippen molar-refractivity contribution < 1.29 is 0 Å². The Labute approximate surface area is 107 Å². The molecule has 18 heavy (non-hydrogen) atoms. The third kappa shape index (κ3) is 3.91. The Hall–Kier alpha value is -2.35. The average Bonchev–Trinajstić information content (AvgIpc) is 2.84. The molecular weight excluding hydrogens is 220 g/mol. The lowest BCUT2D eigenvalue weighted by molar-refractivity contribution is 1.04. The Balaban J connectivity index is 0.000000149. The summed E-state index contributed by atoms with van der Waals surface area (Å²) in [7, 11) is 0. The topological polar surface area (TPSA) is 24.4 Å². The lowest BCUT2D eigenvalue weighted by Gasteiger charge is -1.86. The van der Waals surface area contributed by atoms with Crippen molar-refractivity contribution in [2.24, 2.45) is 5.10 Å². The van der Waals surface area contributed by atoms with Crippen LogP contribution in [-0.4, -0.2) is 6.21 Å². The Kier molecular flexibility index (Phi) is 4.76. The van der Waals surface area contributed by atoms with E-state index in [0.717, 1.165) is 6.42 Å². The molecule has 2 aliphatic rings. The quantitative estimate of drug-likeness (QED) is 0.730. The highest BCUT2D eigenvalue weighted by Gasteiger charge is 1.84. The fraction of sp³-hybridized carbons (Fsp3) is 0.0625. The van der Waals surface area contributed by atoms with Gasteiger partial charge in [0, 0.05) is 12.4 Å². The number of hydrogen-bond donors (Lipinski definition) is 1. The van der Waals surface area contributed by atoms with E-state index in [0.29, 0.717) is 0 Å². The van der Waals surface area contributed by atoms with Gasteiger partial charge in [-0.2, -0.15) is 5.10 Å². The van der Waals surface area contributed by atoms with Gasteiger partial charge in [-0.05, 0) is 22.9 Å². The number of allylic oxidation sites excluding steroid dienone is 6. The average molecular weight is 236 g/mol. The SMILES string of the molecule is C1=CC=CCC=C1.C1=NNC=c2ccccc2=C1. The van der Waals surface area contributed by atoms with Crippen LogP contribution < -0.4 is 15.9 Å². The van der Waals surface area contributed by atoms with Crippen LogP contribution >= 0.6 is 0 Å². The molecule has 0 atom stereocenters. The highest BCUT2D eigenvalue weighted by Crippen LogP contribution is 1.92. The van der Waals surface area contributed by atoms with Gasteiger partial charge in [-0.25, -0.2) is 0 Å². The van der Waals surface area contributed by atoms with Crippen molar-refractivity contribution >= 4 is 18.5 Å². The number of hydrazone groups is 1. The van der Waals surface area contributed by atoms with Crippen LogP contribution in [0.4, 0.5) is 0 Å². The molecule has 1 heterocycles. The Bertz CT molecular complexity index is 590. The van der Waals surface area contributed by atoms with Crippen LogP contribution in [0.2, 0.25) is 0 Å². The standard InChI is InChI=1S/C9H8N2.C7H8/c1-2-4-9-7-11-10-6-5-8(9)3-1;1-2-4-6-7-5-3-1/h1-7,11H;1-6H,7H2. The van der Waals surface area contributed by atoms with Crippen LogP contribution in [0.5, 0.6) is 0 Å². The highest BCUT2D eigenvalue weighted by molar-refractivity contribution is 5.91. The van der Waals surface area contributed by atoms with Gasteiger partial charge >= 0.3 is 0 Å². The van der Waals surface area contributed by atoms with E-state index in [4.69, 9.17) is 0 Å². The van der Waals surface area contributed by atoms with Crippen molar-refractivity contribution in [1.29, 1.82) is 0 Å². The maximum atomic E-state index is 3.90. The first kappa shape index (κ1) is 12.1. The van der Waals surface area contributed by atoms with E-state index in [1.165, 1.54) is 10.4 Å². The largest absolute Gasteiger partial charge is 0.285 e. The highest BCUT2D eigenvalue weighted by atomic mass is 15.3. The van der Waals surface area contributed by atoms with Crippen molar-refractivity contribution in [2.75, 3.05) is 0 Å². The van der Waals surface area contributed by atoms with Crippen LogP contribution in [0.1, 0.15) is 6.42 Å². The monoisotopic (exact) mass is 236 g/mol. The van der Waals surface area contributed by atoms with Gasteiger partial charge in [0.25, 0.3) is 0 Å². The van der Waals surface area contributed by atoms with Crippen molar-refractivity contribution in [3.8, 4) is 0 Å². The Morgan fingerprint density at radius 2 is 1.61 bits per heavy atom. The molecule has 1 aliphatic carbocycles. The van der Waals surface area contributed by atoms with E-state index in [2.05, 4.69) is 40.9 Å². The Morgan fingerprint density at radius 1 is 0.889 bits per heavy atom. The van der Waals surface area contributed by atoms with E-state index >= 15 is 0 Å². The van der Waals surface area contributed by atoms with E-state index in [-0.39, 0.29) is 0 Å². The zero-order valence-electron chi connectivity index (χ0n) is 10.2. The molecule has 1 aliphatic heterocycles. The minimum absolute atomic E-state index is 1.08. The molecule has 0 saturated heterocycles. The third-order valence-corrected chi connectivity index (χ3v) is 2.50. The molecule has 2 heteroatoms. The van der Waals surface area contributed by atoms with Crippen LogP contribution in [-0.2, 0) is 0 Å². The summed E-state index contributed by atoms with van der Waals surface area (Å²) in [4.78, 5) is 0. The maximum Gasteiger partial charge on any atom is 0.0478 e. The van der Waals surface area contributed by atoms with Gasteiger partial charge < -0.3 is 0 Å². The molecule has 1 aromatic carbocycles. The van der Waals surface area contributed by atoms with Crippen LogP contribution in [0.25, 0.3) is 12.3 Å². The van der Waals surface area contributed by atoms with E-state index in [9.17, 15) is 0 Å². The van der Waals surface area contributed by atoms with E-state index in [1.54, 1.807) is 6.21 Å². The van der Waals surface area contributed by atoms with Crippen LogP contribution in [0.15, 0.2) is 65.8 Å². The second-order valence-electron chi connectivity index (χ2n) is 3.82. The molecule has 90 valence electrons. The molecule has 0 aromatic heterocycles. The van der Waals surface area contributed by atoms with Crippen molar-refractivity contribution in [3.05, 3.63) is 71.2 Å². The van der Waals surface area contributed by atoms with Gasteiger partial charge in [-0.3, -0.25) is 5.43 Å². The van der Waals surface area contributed by atoms with Crippen molar-refractivity contribution in [1.82, 2.24) is 5.43 Å². The first-order valence-corrected chi connectivity index (χ1v) is 5.99. The molecular formula is C16H16N2. The minimum Gasteiger partial charge on any atom is -0.285 e. The predicted octanol–water partition coefficient (Wildman–Crippen LogP) is 1.85. The summed E-state index contributed by atoms with van der Waals surface area (Å²) < 4.78 is 0. The van der Waals surface area contributed by atoms with Gasteiger partial charge in [0.15, 0.2) is 0 Å². The molecule has 0 spiro atoms. The van der Waals surface area contributed by atoms with Gasteiger partial charge in [0.05, 0.1) is 0 Å². The smallest absolute Gasteiger partial charge is 0.0478 e. The van der Waals surface area contributed by atoms with E-state index in [1.807, 2.05) is 42.6 Å². The van der Waals surface area contributed by atoms with Crippen molar-refractivity contribution in [2.45, 2.75) is 6.42 Å². The first-order chi connectivity index (χ1) is 8.97. The summed E-state index contributed by atoms with van der Waals surface area (Å²) in [6.45, 7) is 0. The maximum absolute atomic E-state index is 3.90. The number of nitrogens with one attached hydrogen (secondary N) is 1. The summed E-state index contributed by atoms with van der Waals surface area (Å²) in [5.41, 5.74) is 2.82. The second-order valence-corrected chi connectivity index (χ2v) is 3.82. The summed E-state index contributed by atoms with van der Waals surface area (Å²) in [6.07, 6.45) is 19.1. The number of nitrogens with zero attached hydrogens (tertiary/aromatic N) is 1. The number of benzene rings is 1. The van der Waals surface area contributed by atoms with Gasteiger partial charge in [0.2, 0.25) is 0 Å². The molecule has 1 N–H and O–H groups in total. The lowest BCUT2D eigenvalue weighted by atomic mass is 10.2. The van der Waals surface area contributed by atoms with Crippen LogP contribution in [0.3, 0.4) is 0 Å². The number of hydrogen-bond acceptors (Lipinski definition) is 2. The first-order valence-electron chi connectivity index (χ1n) is 5.99. The molecule has 2 nitrogen and oxygen atoms in total. The summed E-state index contributed by atoms with van der Waals surface area (Å²) in [5.74, 6) is 0. The molecule has 0 radical (unpaired) electrons. The fourth-order valence-corrected chi connectivity index (χ4v) is 1.58. The molecule has 0 amide bonds.